The van der Waals surface area contributed by atoms with Gasteiger partial charge in [-0.2, -0.15) is 0 Å². The van der Waals surface area contributed by atoms with Crippen LogP contribution in [0.25, 0.3) is 0 Å². The summed E-state index contributed by atoms with van der Waals surface area (Å²) in [6.07, 6.45) is 0. The van der Waals surface area contributed by atoms with Crippen LogP contribution in [-0.4, -0.2) is 14.3 Å². The van der Waals surface area contributed by atoms with Crippen molar-refractivity contribution in [1.82, 2.24) is 0 Å². The fourth-order valence-electron chi connectivity index (χ4n) is 1.60. The first-order chi connectivity index (χ1) is 10.2. The molecule has 9 heteroatoms. The molecule has 0 aliphatic rings. The van der Waals surface area contributed by atoms with Gasteiger partial charge in [0, 0.05) is 5.56 Å². The lowest BCUT2D eigenvalue weighted by Crippen LogP contribution is -2.15. The van der Waals surface area contributed by atoms with Crippen LogP contribution in [0, 0.1) is 5.82 Å². The van der Waals surface area contributed by atoms with E-state index in [2.05, 4.69) is 4.72 Å². The second kappa shape index (κ2) is 6.12. The van der Waals surface area contributed by atoms with Crippen LogP contribution in [0.15, 0.2) is 41.3 Å². The molecule has 0 saturated carbocycles. The normalized spacial score (nSPS) is 11.2. The number of amides is 1. The van der Waals surface area contributed by atoms with Crippen LogP contribution in [0.4, 0.5) is 10.1 Å². The molecule has 0 unspecified atom stereocenters. The van der Waals surface area contributed by atoms with E-state index >= 15 is 0 Å². The molecule has 0 atom stereocenters. The zero-order valence-electron chi connectivity index (χ0n) is 10.8. The quantitative estimate of drug-likeness (QED) is 0.875. The Morgan fingerprint density at radius 2 is 1.77 bits per heavy atom. The number of rotatable bonds is 4. The van der Waals surface area contributed by atoms with Gasteiger partial charge in [-0.25, -0.2) is 12.8 Å². The maximum Gasteiger partial charge on any atom is 0.261 e. The van der Waals surface area contributed by atoms with Crippen LogP contribution in [0.5, 0.6) is 0 Å². The minimum Gasteiger partial charge on any atom is -0.366 e. The van der Waals surface area contributed by atoms with Gasteiger partial charge in [-0.05, 0) is 36.4 Å². The van der Waals surface area contributed by atoms with E-state index in [1.54, 1.807) is 0 Å². The van der Waals surface area contributed by atoms with Gasteiger partial charge in [0.15, 0.2) is 0 Å². The molecular weight excluding hydrogens is 354 g/mol. The molecule has 2 rings (SSSR count). The van der Waals surface area contributed by atoms with Gasteiger partial charge in [-0.1, -0.05) is 23.2 Å². The molecule has 0 saturated heterocycles. The Labute approximate surface area is 135 Å². The number of halogens is 3. The molecule has 0 bridgehead atoms. The maximum atomic E-state index is 13.1. The monoisotopic (exact) mass is 362 g/mol. The number of hydrogen-bond donors (Lipinski definition) is 2. The van der Waals surface area contributed by atoms with E-state index in [4.69, 9.17) is 28.9 Å². The van der Waals surface area contributed by atoms with Crippen molar-refractivity contribution in [2.45, 2.75) is 4.90 Å². The number of sulfonamides is 1. The first-order valence-corrected chi connectivity index (χ1v) is 8.02. The number of carbonyl (C=O) groups is 1. The van der Waals surface area contributed by atoms with E-state index < -0.39 is 21.7 Å². The lowest BCUT2D eigenvalue weighted by atomic mass is 10.2. The smallest absolute Gasteiger partial charge is 0.261 e. The molecule has 0 aliphatic heterocycles. The summed E-state index contributed by atoms with van der Waals surface area (Å²) in [5.41, 5.74) is 5.18. The Bertz CT molecular complexity index is 856. The first-order valence-electron chi connectivity index (χ1n) is 5.78. The van der Waals surface area contributed by atoms with Crippen LogP contribution in [-0.2, 0) is 10.0 Å². The van der Waals surface area contributed by atoms with E-state index in [1.165, 1.54) is 18.2 Å². The minimum atomic E-state index is -4.06. The predicted molar refractivity (Wildman–Crippen MR) is 82.2 cm³/mol. The van der Waals surface area contributed by atoms with Crippen molar-refractivity contribution < 1.29 is 17.6 Å². The highest BCUT2D eigenvalue weighted by Crippen LogP contribution is 2.27. The molecule has 0 aliphatic carbocycles. The number of nitrogens with two attached hydrogens (primary N) is 1. The molecule has 0 aromatic heterocycles. The second-order valence-corrected chi connectivity index (χ2v) is 6.74. The highest BCUT2D eigenvalue weighted by atomic mass is 35.5. The third-order valence-electron chi connectivity index (χ3n) is 2.70. The number of hydrogen-bond acceptors (Lipinski definition) is 3. The molecule has 0 spiro atoms. The van der Waals surface area contributed by atoms with Gasteiger partial charge < -0.3 is 5.73 Å². The fourth-order valence-corrected chi connectivity index (χ4v) is 3.17. The molecule has 5 nitrogen and oxygen atoms in total. The fraction of sp³-hybridized carbons (Fsp3) is 0. The van der Waals surface area contributed by atoms with Gasteiger partial charge in [-0.15, -0.1) is 0 Å². The Morgan fingerprint density at radius 1 is 1.09 bits per heavy atom. The molecule has 0 radical (unpaired) electrons. The molecule has 2 aromatic rings. The standard InChI is InChI=1S/C13H9Cl2FN2O3S/c14-9-3-1-7(13(17)19)5-12(9)18-22(20,21)8-2-4-11(16)10(15)6-8/h1-6,18H,(H2,17,19). The van der Waals surface area contributed by atoms with Crippen molar-refractivity contribution in [2.24, 2.45) is 5.73 Å². The molecule has 0 heterocycles. The van der Waals surface area contributed by atoms with E-state index in [1.807, 2.05) is 0 Å². The molecule has 22 heavy (non-hydrogen) atoms. The first kappa shape index (κ1) is 16.5. The van der Waals surface area contributed by atoms with Gasteiger partial charge in [0.2, 0.25) is 5.91 Å². The van der Waals surface area contributed by atoms with Gasteiger partial charge in [0.05, 0.1) is 20.6 Å². The largest absolute Gasteiger partial charge is 0.366 e. The van der Waals surface area contributed by atoms with Crippen LogP contribution in [0.2, 0.25) is 10.0 Å². The summed E-state index contributed by atoms with van der Waals surface area (Å²) in [6.45, 7) is 0. The summed E-state index contributed by atoms with van der Waals surface area (Å²) in [5, 5.41) is -0.262. The number of benzene rings is 2. The van der Waals surface area contributed by atoms with Gasteiger partial charge >= 0.3 is 0 Å². The SMILES string of the molecule is NC(=O)c1ccc(Cl)c(NS(=O)(=O)c2ccc(F)c(Cl)c2)c1. The summed E-state index contributed by atoms with van der Waals surface area (Å²) in [6, 6.07) is 6.83. The molecule has 116 valence electrons. The molecule has 2 aromatic carbocycles. The third-order valence-corrected chi connectivity index (χ3v) is 4.68. The number of primary amides is 1. The van der Waals surface area contributed by atoms with Gasteiger partial charge in [0.25, 0.3) is 10.0 Å². The highest BCUT2D eigenvalue weighted by molar-refractivity contribution is 7.92. The van der Waals surface area contributed by atoms with Crippen molar-refractivity contribution in [3.05, 3.63) is 57.8 Å². The summed E-state index contributed by atoms with van der Waals surface area (Å²) < 4.78 is 39.8. The summed E-state index contributed by atoms with van der Waals surface area (Å²) in [7, 11) is -4.06. The van der Waals surface area contributed by atoms with Crippen molar-refractivity contribution in [3.63, 3.8) is 0 Å². The molecule has 3 N–H and O–H groups in total. The molecule has 0 fully saturated rings. The summed E-state index contributed by atoms with van der Waals surface area (Å²) in [4.78, 5) is 10.9. The van der Waals surface area contributed by atoms with Crippen LogP contribution in [0.1, 0.15) is 10.4 Å². The van der Waals surface area contributed by atoms with Crippen molar-refractivity contribution in [3.8, 4) is 0 Å². The van der Waals surface area contributed by atoms with E-state index in [0.717, 1.165) is 18.2 Å². The van der Waals surface area contributed by atoms with Gasteiger partial charge in [0.1, 0.15) is 5.82 Å². The van der Waals surface area contributed by atoms with E-state index in [-0.39, 0.29) is 26.2 Å². The average Bonchev–Trinajstić information content (AvgIpc) is 2.43. The van der Waals surface area contributed by atoms with E-state index in [0.29, 0.717) is 0 Å². The van der Waals surface area contributed by atoms with Crippen molar-refractivity contribution >= 4 is 44.8 Å². The lowest BCUT2D eigenvalue weighted by Gasteiger charge is -2.11. The topological polar surface area (TPSA) is 89.3 Å². The maximum absolute atomic E-state index is 13.1. The summed E-state index contributed by atoms with van der Waals surface area (Å²) >= 11 is 11.5. The molecule has 1 amide bonds. The van der Waals surface area contributed by atoms with Crippen LogP contribution in [0.3, 0.4) is 0 Å². The van der Waals surface area contributed by atoms with Crippen molar-refractivity contribution in [1.29, 1.82) is 0 Å². The number of anilines is 1. The third kappa shape index (κ3) is 3.49. The highest BCUT2D eigenvalue weighted by Gasteiger charge is 2.18. The van der Waals surface area contributed by atoms with Crippen LogP contribution < -0.4 is 10.5 Å². The van der Waals surface area contributed by atoms with Crippen LogP contribution >= 0.6 is 23.2 Å². The lowest BCUT2D eigenvalue weighted by molar-refractivity contribution is 0.100. The van der Waals surface area contributed by atoms with Gasteiger partial charge in [-0.3, -0.25) is 9.52 Å². The Morgan fingerprint density at radius 3 is 2.36 bits per heavy atom. The Hall–Kier alpha value is -1.83. The minimum absolute atomic E-state index is 0.0292. The number of nitrogens with one attached hydrogen (secondary N) is 1. The summed E-state index contributed by atoms with van der Waals surface area (Å²) in [5.74, 6) is -1.48. The van der Waals surface area contributed by atoms with Crippen molar-refractivity contribution in [2.75, 3.05) is 4.72 Å². The molecular formula is C13H9Cl2FN2O3S. The number of carbonyl (C=O) groups excluding carboxylic acids is 1. The average molecular weight is 363 g/mol. The predicted octanol–water partition coefficient (Wildman–Crippen LogP) is 3.03. The Kier molecular flexibility index (Phi) is 4.60. The Balaban J connectivity index is 2.42. The zero-order valence-corrected chi connectivity index (χ0v) is 13.1. The zero-order chi connectivity index (χ0) is 16.5. The van der Waals surface area contributed by atoms with E-state index in [9.17, 15) is 17.6 Å². The second-order valence-electron chi connectivity index (χ2n) is 4.24.